The van der Waals surface area contributed by atoms with Crippen LogP contribution in [0.15, 0.2) is 24.3 Å². The summed E-state index contributed by atoms with van der Waals surface area (Å²) in [7, 11) is 2.01. The van der Waals surface area contributed by atoms with Crippen LogP contribution in [-0.2, 0) is 0 Å². The van der Waals surface area contributed by atoms with Crippen LogP contribution in [0.3, 0.4) is 0 Å². The monoisotopic (exact) mass is 250 g/mol. The minimum atomic E-state index is 0.252. The molecule has 0 aliphatic heterocycles. The number of anilines is 1. The molecule has 18 heavy (non-hydrogen) atoms. The Morgan fingerprint density at radius 2 is 2.00 bits per heavy atom. The lowest BCUT2D eigenvalue weighted by Crippen LogP contribution is -2.27. The second kappa shape index (κ2) is 8.11. The topological polar surface area (TPSA) is 35.5 Å². The SMILES string of the molecule is CCC(NC)c1ccccc1N(CC)CCCO. The largest absolute Gasteiger partial charge is 0.396 e. The average molecular weight is 250 g/mol. The quantitative estimate of drug-likeness (QED) is 0.744. The average Bonchev–Trinajstić information content (AvgIpc) is 2.42. The van der Waals surface area contributed by atoms with Crippen LogP contribution >= 0.6 is 0 Å². The number of benzene rings is 1. The van der Waals surface area contributed by atoms with Gasteiger partial charge in [0.25, 0.3) is 0 Å². The molecule has 1 rings (SSSR count). The van der Waals surface area contributed by atoms with E-state index in [-0.39, 0.29) is 6.61 Å². The summed E-state index contributed by atoms with van der Waals surface area (Å²) in [6.07, 6.45) is 1.89. The summed E-state index contributed by atoms with van der Waals surface area (Å²) in [6, 6.07) is 8.95. The first kappa shape index (κ1) is 15.0. The van der Waals surface area contributed by atoms with Crippen molar-refractivity contribution < 1.29 is 5.11 Å². The third-order valence-corrected chi connectivity index (χ3v) is 3.38. The van der Waals surface area contributed by atoms with E-state index >= 15 is 0 Å². The number of rotatable bonds is 8. The lowest BCUT2D eigenvalue weighted by Gasteiger charge is -2.28. The van der Waals surface area contributed by atoms with Crippen LogP contribution in [0.25, 0.3) is 0 Å². The van der Waals surface area contributed by atoms with Crippen LogP contribution < -0.4 is 10.2 Å². The molecule has 0 fully saturated rings. The number of nitrogens with one attached hydrogen (secondary N) is 1. The first-order valence-corrected chi connectivity index (χ1v) is 6.90. The Labute approximate surface area is 111 Å². The van der Waals surface area contributed by atoms with Gasteiger partial charge in [0.1, 0.15) is 0 Å². The molecule has 1 aromatic rings. The normalized spacial score (nSPS) is 12.4. The fraction of sp³-hybridized carbons (Fsp3) is 0.600. The van der Waals surface area contributed by atoms with E-state index in [0.29, 0.717) is 6.04 Å². The first-order valence-electron chi connectivity index (χ1n) is 6.90. The molecule has 0 amide bonds. The zero-order valence-electron chi connectivity index (χ0n) is 11.8. The third kappa shape index (κ3) is 3.72. The van der Waals surface area contributed by atoms with Gasteiger partial charge in [0, 0.05) is 31.4 Å². The van der Waals surface area contributed by atoms with E-state index in [1.54, 1.807) is 0 Å². The molecule has 0 saturated heterocycles. The van der Waals surface area contributed by atoms with Gasteiger partial charge >= 0.3 is 0 Å². The van der Waals surface area contributed by atoms with Crippen molar-refractivity contribution in [2.75, 3.05) is 31.6 Å². The van der Waals surface area contributed by atoms with E-state index in [9.17, 15) is 0 Å². The molecule has 2 N–H and O–H groups in total. The van der Waals surface area contributed by atoms with Crippen molar-refractivity contribution in [3.8, 4) is 0 Å². The zero-order chi connectivity index (χ0) is 13.4. The Kier molecular flexibility index (Phi) is 6.76. The Morgan fingerprint density at radius 3 is 2.56 bits per heavy atom. The van der Waals surface area contributed by atoms with Crippen LogP contribution in [-0.4, -0.2) is 31.9 Å². The van der Waals surface area contributed by atoms with Gasteiger partial charge in [-0.2, -0.15) is 0 Å². The smallest absolute Gasteiger partial charge is 0.0447 e. The molecule has 1 atom stereocenters. The lowest BCUT2D eigenvalue weighted by molar-refractivity contribution is 0.289. The molecule has 0 bridgehead atoms. The first-order chi connectivity index (χ1) is 8.78. The summed E-state index contributed by atoms with van der Waals surface area (Å²) < 4.78 is 0. The van der Waals surface area contributed by atoms with E-state index < -0.39 is 0 Å². The lowest BCUT2D eigenvalue weighted by atomic mass is 10.0. The fourth-order valence-electron chi connectivity index (χ4n) is 2.36. The highest BCUT2D eigenvalue weighted by molar-refractivity contribution is 5.55. The van der Waals surface area contributed by atoms with Gasteiger partial charge in [-0.15, -0.1) is 0 Å². The molecule has 3 heteroatoms. The molecule has 1 aromatic carbocycles. The van der Waals surface area contributed by atoms with Crippen LogP contribution in [0.5, 0.6) is 0 Å². The van der Waals surface area contributed by atoms with E-state index in [0.717, 1.165) is 25.9 Å². The Morgan fingerprint density at radius 1 is 1.28 bits per heavy atom. The van der Waals surface area contributed by atoms with Crippen LogP contribution in [0.1, 0.15) is 38.3 Å². The number of hydrogen-bond donors (Lipinski definition) is 2. The molecule has 102 valence electrons. The van der Waals surface area contributed by atoms with Gasteiger partial charge in [-0.3, -0.25) is 0 Å². The highest BCUT2D eigenvalue weighted by Crippen LogP contribution is 2.28. The van der Waals surface area contributed by atoms with Gasteiger partial charge in [0.2, 0.25) is 0 Å². The number of aliphatic hydroxyl groups excluding tert-OH is 1. The highest BCUT2D eigenvalue weighted by Gasteiger charge is 2.14. The van der Waals surface area contributed by atoms with Gasteiger partial charge in [0.15, 0.2) is 0 Å². The van der Waals surface area contributed by atoms with Crippen LogP contribution in [0.2, 0.25) is 0 Å². The Bertz CT molecular complexity index is 337. The molecular weight excluding hydrogens is 224 g/mol. The second-order valence-electron chi connectivity index (χ2n) is 4.47. The van der Waals surface area contributed by atoms with Crippen LogP contribution in [0, 0.1) is 0 Å². The predicted octanol–water partition coefficient (Wildman–Crippen LogP) is 2.57. The van der Waals surface area contributed by atoms with Crippen molar-refractivity contribution in [1.29, 1.82) is 0 Å². The van der Waals surface area contributed by atoms with Crippen molar-refractivity contribution in [1.82, 2.24) is 5.32 Å². The number of nitrogens with zero attached hydrogens (tertiary/aromatic N) is 1. The van der Waals surface area contributed by atoms with Gasteiger partial charge in [-0.25, -0.2) is 0 Å². The van der Waals surface area contributed by atoms with Gasteiger partial charge in [-0.1, -0.05) is 25.1 Å². The van der Waals surface area contributed by atoms with Gasteiger partial charge in [-0.05, 0) is 38.4 Å². The summed E-state index contributed by atoms with van der Waals surface area (Å²) in [4.78, 5) is 2.34. The van der Waals surface area contributed by atoms with Crippen molar-refractivity contribution in [3.05, 3.63) is 29.8 Å². The molecule has 0 aliphatic rings. The maximum Gasteiger partial charge on any atom is 0.0447 e. The van der Waals surface area contributed by atoms with E-state index in [2.05, 4.69) is 48.3 Å². The van der Waals surface area contributed by atoms with Crippen molar-refractivity contribution >= 4 is 5.69 Å². The molecule has 0 radical (unpaired) electrons. The Hall–Kier alpha value is -1.06. The molecule has 0 aromatic heterocycles. The fourth-order valence-corrected chi connectivity index (χ4v) is 2.36. The number of aliphatic hydroxyl groups is 1. The van der Waals surface area contributed by atoms with E-state index in [4.69, 9.17) is 5.11 Å². The van der Waals surface area contributed by atoms with Gasteiger partial charge < -0.3 is 15.3 Å². The van der Waals surface area contributed by atoms with Crippen LogP contribution in [0.4, 0.5) is 5.69 Å². The van der Waals surface area contributed by atoms with Crippen molar-refractivity contribution in [2.24, 2.45) is 0 Å². The molecular formula is C15H26N2O. The maximum atomic E-state index is 8.99. The van der Waals surface area contributed by atoms with Crippen molar-refractivity contribution in [3.63, 3.8) is 0 Å². The van der Waals surface area contributed by atoms with E-state index in [1.807, 2.05) is 7.05 Å². The molecule has 0 spiro atoms. The van der Waals surface area contributed by atoms with Crippen molar-refractivity contribution in [2.45, 2.75) is 32.7 Å². The van der Waals surface area contributed by atoms with Gasteiger partial charge in [0.05, 0.1) is 0 Å². The summed E-state index contributed by atoms with van der Waals surface area (Å²) in [5.74, 6) is 0. The zero-order valence-corrected chi connectivity index (χ0v) is 11.8. The summed E-state index contributed by atoms with van der Waals surface area (Å²) in [5, 5.41) is 12.4. The standard InChI is InChI=1S/C15H26N2O/c1-4-14(16-3)13-9-6-7-10-15(13)17(5-2)11-8-12-18/h6-7,9-10,14,16,18H,4-5,8,11-12H2,1-3H3. The summed E-state index contributed by atoms with van der Waals surface area (Å²) in [5.41, 5.74) is 2.64. The minimum Gasteiger partial charge on any atom is -0.396 e. The second-order valence-corrected chi connectivity index (χ2v) is 4.47. The third-order valence-electron chi connectivity index (χ3n) is 3.38. The molecule has 3 nitrogen and oxygen atoms in total. The maximum absolute atomic E-state index is 8.99. The predicted molar refractivity (Wildman–Crippen MR) is 78.1 cm³/mol. The number of hydrogen-bond acceptors (Lipinski definition) is 3. The molecule has 1 unspecified atom stereocenters. The molecule has 0 aliphatic carbocycles. The highest BCUT2D eigenvalue weighted by atomic mass is 16.3. The minimum absolute atomic E-state index is 0.252. The molecule has 0 saturated carbocycles. The molecule has 0 heterocycles. The summed E-state index contributed by atoms with van der Waals surface area (Å²) in [6.45, 7) is 6.49. The Balaban J connectivity index is 2.98. The number of para-hydroxylation sites is 1. The summed E-state index contributed by atoms with van der Waals surface area (Å²) >= 11 is 0. The van der Waals surface area contributed by atoms with E-state index in [1.165, 1.54) is 11.3 Å².